The maximum absolute atomic E-state index is 9.40. The second kappa shape index (κ2) is 4.34. The molecule has 0 unspecified atom stereocenters. The number of aliphatic hydroxyl groups excluding tert-OH is 1. The third-order valence-corrected chi connectivity index (χ3v) is 2.71. The Morgan fingerprint density at radius 2 is 1.82 bits per heavy atom. The Morgan fingerprint density at radius 3 is 2.35 bits per heavy atom. The van der Waals surface area contributed by atoms with E-state index < -0.39 is 0 Å². The highest BCUT2D eigenvalue weighted by Gasteiger charge is 2.19. The van der Waals surface area contributed by atoms with Crippen LogP contribution in [-0.4, -0.2) is 14.9 Å². The lowest BCUT2D eigenvalue weighted by Crippen LogP contribution is -2.12. The van der Waals surface area contributed by atoms with Crippen molar-refractivity contribution in [3.05, 3.63) is 47.8 Å². The first-order valence-electron chi connectivity index (χ1n) is 5.78. The summed E-state index contributed by atoms with van der Waals surface area (Å²) in [6, 6.07) is 11.8. The number of aliphatic hydroxyl groups is 1. The van der Waals surface area contributed by atoms with E-state index in [1.807, 2.05) is 36.4 Å². The summed E-state index contributed by atoms with van der Waals surface area (Å²) in [6.45, 7) is 6.35. The molecule has 3 nitrogen and oxygen atoms in total. The Morgan fingerprint density at radius 1 is 1.18 bits per heavy atom. The fourth-order valence-electron chi connectivity index (χ4n) is 1.69. The molecule has 0 aliphatic rings. The Kier molecular flexibility index (Phi) is 3.03. The van der Waals surface area contributed by atoms with Crippen molar-refractivity contribution in [2.75, 3.05) is 0 Å². The highest BCUT2D eigenvalue weighted by molar-refractivity contribution is 5.34. The quantitative estimate of drug-likeness (QED) is 0.861. The van der Waals surface area contributed by atoms with Gasteiger partial charge in [0.1, 0.15) is 0 Å². The number of nitrogens with zero attached hydrogens (tertiary/aromatic N) is 2. The van der Waals surface area contributed by atoms with Crippen LogP contribution in [0.4, 0.5) is 0 Å². The molecule has 1 N–H and O–H groups in total. The SMILES string of the molecule is CC(C)(C)c1cc(CO)n(-c2ccccc2)n1. The molecule has 0 aliphatic carbocycles. The minimum Gasteiger partial charge on any atom is -0.390 e. The van der Waals surface area contributed by atoms with Crippen molar-refractivity contribution in [2.24, 2.45) is 0 Å². The molecule has 0 fully saturated rings. The van der Waals surface area contributed by atoms with Gasteiger partial charge in [-0.15, -0.1) is 0 Å². The van der Waals surface area contributed by atoms with Crippen LogP contribution in [0.1, 0.15) is 32.2 Å². The van der Waals surface area contributed by atoms with E-state index in [1.165, 1.54) is 0 Å². The molecule has 0 saturated heterocycles. The topological polar surface area (TPSA) is 38.0 Å². The van der Waals surface area contributed by atoms with Crippen molar-refractivity contribution in [1.82, 2.24) is 9.78 Å². The smallest absolute Gasteiger partial charge is 0.0854 e. The van der Waals surface area contributed by atoms with E-state index >= 15 is 0 Å². The van der Waals surface area contributed by atoms with Gasteiger partial charge in [0.15, 0.2) is 0 Å². The van der Waals surface area contributed by atoms with Gasteiger partial charge in [-0.1, -0.05) is 39.0 Å². The summed E-state index contributed by atoms with van der Waals surface area (Å²) in [4.78, 5) is 0. The summed E-state index contributed by atoms with van der Waals surface area (Å²) in [5.74, 6) is 0. The fraction of sp³-hybridized carbons (Fsp3) is 0.357. The Balaban J connectivity index is 2.51. The van der Waals surface area contributed by atoms with E-state index in [9.17, 15) is 5.11 Å². The van der Waals surface area contributed by atoms with E-state index in [4.69, 9.17) is 0 Å². The second-order valence-corrected chi connectivity index (χ2v) is 5.18. The van der Waals surface area contributed by atoms with Crippen LogP contribution < -0.4 is 0 Å². The van der Waals surface area contributed by atoms with Gasteiger partial charge in [0.2, 0.25) is 0 Å². The van der Waals surface area contributed by atoms with Crippen molar-refractivity contribution in [3.63, 3.8) is 0 Å². The van der Waals surface area contributed by atoms with Crippen LogP contribution in [0.3, 0.4) is 0 Å². The number of para-hydroxylation sites is 1. The third-order valence-electron chi connectivity index (χ3n) is 2.71. The highest BCUT2D eigenvalue weighted by atomic mass is 16.3. The molecular formula is C14H18N2O. The van der Waals surface area contributed by atoms with Crippen LogP contribution >= 0.6 is 0 Å². The van der Waals surface area contributed by atoms with Crippen LogP contribution in [0.5, 0.6) is 0 Å². The first-order chi connectivity index (χ1) is 8.02. The molecular weight excluding hydrogens is 212 g/mol. The van der Waals surface area contributed by atoms with Crippen molar-refractivity contribution in [3.8, 4) is 5.69 Å². The van der Waals surface area contributed by atoms with Gasteiger partial charge in [-0.05, 0) is 18.2 Å². The van der Waals surface area contributed by atoms with E-state index in [2.05, 4.69) is 25.9 Å². The number of rotatable bonds is 2. The Bertz CT molecular complexity index is 495. The van der Waals surface area contributed by atoms with Crippen LogP contribution in [0, 0.1) is 0 Å². The third kappa shape index (κ3) is 2.39. The summed E-state index contributed by atoms with van der Waals surface area (Å²) in [5.41, 5.74) is 2.78. The monoisotopic (exact) mass is 230 g/mol. The van der Waals surface area contributed by atoms with Crippen molar-refractivity contribution in [2.45, 2.75) is 32.8 Å². The van der Waals surface area contributed by atoms with Crippen LogP contribution in [0.15, 0.2) is 36.4 Å². The molecule has 0 atom stereocenters. The molecule has 0 bridgehead atoms. The molecule has 2 rings (SSSR count). The molecule has 0 spiro atoms. The number of aromatic nitrogens is 2. The minimum atomic E-state index is -0.00997. The van der Waals surface area contributed by atoms with E-state index in [0.717, 1.165) is 17.1 Å². The summed E-state index contributed by atoms with van der Waals surface area (Å²) in [7, 11) is 0. The average Bonchev–Trinajstić information content (AvgIpc) is 2.73. The van der Waals surface area contributed by atoms with Gasteiger partial charge >= 0.3 is 0 Å². The fourth-order valence-corrected chi connectivity index (χ4v) is 1.69. The van der Waals surface area contributed by atoms with Crippen LogP contribution in [0.25, 0.3) is 5.69 Å². The van der Waals surface area contributed by atoms with E-state index in [-0.39, 0.29) is 12.0 Å². The molecule has 0 radical (unpaired) electrons. The predicted octanol–water partition coefficient (Wildman–Crippen LogP) is 2.66. The van der Waals surface area contributed by atoms with Crippen molar-refractivity contribution < 1.29 is 5.11 Å². The van der Waals surface area contributed by atoms with Crippen molar-refractivity contribution >= 4 is 0 Å². The predicted molar refractivity (Wildman–Crippen MR) is 68.2 cm³/mol. The average molecular weight is 230 g/mol. The maximum Gasteiger partial charge on any atom is 0.0854 e. The van der Waals surface area contributed by atoms with Gasteiger partial charge in [-0.3, -0.25) is 0 Å². The molecule has 0 aliphatic heterocycles. The molecule has 2 aromatic rings. The van der Waals surface area contributed by atoms with Gasteiger partial charge in [0.25, 0.3) is 0 Å². The van der Waals surface area contributed by atoms with Crippen LogP contribution in [0.2, 0.25) is 0 Å². The zero-order valence-electron chi connectivity index (χ0n) is 10.5. The summed E-state index contributed by atoms with van der Waals surface area (Å²) in [5, 5.41) is 14.0. The molecule has 1 heterocycles. The van der Waals surface area contributed by atoms with Gasteiger partial charge in [0, 0.05) is 5.41 Å². The highest BCUT2D eigenvalue weighted by Crippen LogP contribution is 2.23. The number of benzene rings is 1. The molecule has 90 valence electrons. The molecule has 1 aromatic carbocycles. The minimum absolute atomic E-state index is 0.00201. The normalized spacial score (nSPS) is 11.8. The maximum atomic E-state index is 9.40. The first-order valence-corrected chi connectivity index (χ1v) is 5.78. The zero-order valence-corrected chi connectivity index (χ0v) is 10.5. The van der Waals surface area contributed by atoms with Gasteiger partial charge in [0.05, 0.1) is 23.7 Å². The lowest BCUT2D eigenvalue weighted by molar-refractivity contribution is 0.273. The Hall–Kier alpha value is -1.61. The zero-order chi connectivity index (χ0) is 12.5. The van der Waals surface area contributed by atoms with Gasteiger partial charge in [-0.25, -0.2) is 4.68 Å². The molecule has 3 heteroatoms. The first kappa shape index (κ1) is 11.9. The summed E-state index contributed by atoms with van der Waals surface area (Å²) >= 11 is 0. The van der Waals surface area contributed by atoms with Crippen LogP contribution in [-0.2, 0) is 12.0 Å². The van der Waals surface area contributed by atoms with Gasteiger partial charge < -0.3 is 5.11 Å². The summed E-state index contributed by atoms with van der Waals surface area (Å²) in [6.07, 6.45) is 0. The standard InChI is InChI=1S/C14H18N2O/c1-14(2,3)13-9-12(10-17)16(15-13)11-7-5-4-6-8-11/h4-9,17H,10H2,1-3H3. The summed E-state index contributed by atoms with van der Waals surface area (Å²) < 4.78 is 1.81. The molecule has 0 saturated carbocycles. The van der Waals surface area contributed by atoms with E-state index in [1.54, 1.807) is 4.68 Å². The molecule has 1 aromatic heterocycles. The van der Waals surface area contributed by atoms with E-state index in [0.29, 0.717) is 0 Å². The van der Waals surface area contributed by atoms with Gasteiger partial charge in [-0.2, -0.15) is 5.10 Å². The lowest BCUT2D eigenvalue weighted by atomic mass is 9.92. The largest absolute Gasteiger partial charge is 0.390 e. The lowest BCUT2D eigenvalue weighted by Gasteiger charge is -2.14. The number of hydrogen-bond acceptors (Lipinski definition) is 2. The molecule has 17 heavy (non-hydrogen) atoms. The number of hydrogen-bond donors (Lipinski definition) is 1. The Labute approximate surface area is 102 Å². The molecule has 0 amide bonds. The second-order valence-electron chi connectivity index (χ2n) is 5.18. The van der Waals surface area contributed by atoms with Crippen molar-refractivity contribution in [1.29, 1.82) is 0 Å².